The molecule has 1 aliphatic heterocycles. The lowest BCUT2D eigenvalue weighted by Crippen LogP contribution is -2.30. The van der Waals surface area contributed by atoms with Crippen LogP contribution >= 0.6 is 0 Å². The maximum Gasteiger partial charge on any atom is 0.223 e. The third-order valence-corrected chi connectivity index (χ3v) is 2.98. The highest BCUT2D eigenvalue weighted by Gasteiger charge is 2.52. The van der Waals surface area contributed by atoms with Gasteiger partial charge in [-0.3, -0.25) is 4.79 Å². The first-order chi connectivity index (χ1) is 6.15. The Kier molecular flexibility index (Phi) is 1.87. The van der Waals surface area contributed by atoms with E-state index in [-0.39, 0.29) is 17.4 Å². The summed E-state index contributed by atoms with van der Waals surface area (Å²) in [6.07, 6.45) is 4.26. The molecule has 0 aromatic rings. The van der Waals surface area contributed by atoms with Gasteiger partial charge in [-0.25, -0.2) is 0 Å². The Hall–Kier alpha value is -0.900. The molecule has 1 heterocycles. The average Bonchev–Trinajstić information content (AvgIpc) is 2.75. The van der Waals surface area contributed by atoms with Crippen LogP contribution in [0.4, 0.5) is 0 Å². The minimum Gasteiger partial charge on any atom is -0.350 e. The normalized spacial score (nSPS) is 31.5. The molecule has 0 aromatic heterocycles. The van der Waals surface area contributed by atoms with Gasteiger partial charge in [-0.2, -0.15) is 0 Å². The van der Waals surface area contributed by atoms with Gasteiger partial charge in [0.05, 0.1) is 6.04 Å². The average molecular weight is 182 g/mol. The van der Waals surface area contributed by atoms with E-state index in [9.17, 15) is 9.59 Å². The van der Waals surface area contributed by atoms with Crippen LogP contribution < -0.4 is 11.1 Å². The van der Waals surface area contributed by atoms with Crippen molar-refractivity contribution >= 4 is 12.2 Å². The van der Waals surface area contributed by atoms with Crippen LogP contribution in [-0.4, -0.2) is 23.8 Å². The van der Waals surface area contributed by atoms with Gasteiger partial charge in [0, 0.05) is 11.5 Å². The molecule has 72 valence electrons. The molecule has 2 aliphatic rings. The first-order valence-electron chi connectivity index (χ1n) is 4.68. The number of nitrogens with two attached hydrogens (primary N) is 1. The lowest BCUT2D eigenvalue weighted by atomic mass is 9.96. The third kappa shape index (κ3) is 1.58. The van der Waals surface area contributed by atoms with E-state index < -0.39 is 6.04 Å². The van der Waals surface area contributed by atoms with Crippen molar-refractivity contribution in [2.24, 2.45) is 11.7 Å². The smallest absolute Gasteiger partial charge is 0.223 e. The Morgan fingerprint density at radius 1 is 1.69 bits per heavy atom. The van der Waals surface area contributed by atoms with E-state index in [0.717, 1.165) is 19.3 Å². The van der Waals surface area contributed by atoms with Gasteiger partial charge in [0.25, 0.3) is 0 Å². The lowest BCUT2D eigenvalue weighted by Gasteiger charge is -2.08. The molecular weight excluding hydrogens is 168 g/mol. The molecule has 4 heteroatoms. The first kappa shape index (κ1) is 8.69. The zero-order valence-electron chi connectivity index (χ0n) is 7.45. The van der Waals surface area contributed by atoms with Crippen molar-refractivity contribution in [2.75, 3.05) is 0 Å². The second kappa shape index (κ2) is 2.80. The molecule has 13 heavy (non-hydrogen) atoms. The summed E-state index contributed by atoms with van der Waals surface area (Å²) in [5.41, 5.74) is 5.58. The summed E-state index contributed by atoms with van der Waals surface area (Å²) in [7, 11) is 0. The van der Waals surface area contributed by atoms with E-state index in [1.165, 1.54) is 0 Å². The number of amides is 1. The summed E-state index contributed by atoms with van der Waals surface area (Å²) in [6.45, 7) is 0. The minimum atomic E-state index is -0.482. The minimum absolute atomic E-state index is 0.0392. The molecule has 3 N–H and O–H groups in total. The van der Waals surface area contributed by atoms with Gasteiger partial charge >= 0.3 is 0 Å². The van der Waals surface area contributed by atoms with Crippen LogP contribution in [-0.2, 0) is 9.59 Å². The van der Waals surface area contributed by atoms with Crippen molar-refractivity contribution in [3.63, 3.8) is 0 Å². The second-order valence-corrected chi connectivity index (χ2v) is 4.21. The van der Waals surface area contributed by atoms with Gasteiger partial charge in [0.1, 0.15) is 6.29 Å². The number of aldehydes is 1. The van der Waals surface area contributed by atoms with Crippen LogP contribution in [0.25, 0.3) is 0 Å². The van der Waals surface area contributed by atoms with Gasteiger partial charge in [-0.15, -0.1) is 0 Å². The number of hydrogen-bond acceptors (Lipinski definition) is 3. The first-order valence-corrected chi connectivity index (χ1v) is 4.68. The molecule has 2 unspecified atom stereocenters. The number of hydrogen-bond donors (Lipinski definition) is 2. The van der Waals surface area contributed by atoms with Gasteiger partial charge in [0.15, 0.2) is 0 Å². The molecule has 2 rings (SSSR count). The Morgan fingerprint density at radius 3 is 2.85 bits per heavy atom. The Morgan fingerprint density at radius 2 is 2.38 bits per heavy atom. The fourth-order valence-corrected chi connectivity index (χ4v) is 2.03. The van der Waals surface area contributed by atoms with E-state index in [2.05, 4.69) is 5.32 Å². The van der Waals surface area contributed by atoms with Gasteiger partial charge in [0.2, 0.25) is 5.91 Å². The highest BCUT2D eigenvalue weighted by Crippen LogP contribution is 2.45. The summed E-state index contributed by atoms with van der Waals surface area (Å²) in [5.74, 6) is 0.0394. The Labute approximate surface area is 76.9 Å². The van der Waals surface area contributed by atoms with Crippen molar-refractivity contribution in [1.82, 2.24) is 5.32 Å². The standard InChI is InChI=1S/C9H14N2O2/c10-7(5-12)3-6-4-9(1-2-9)11-8(6)13/h5-7H,1-4,10H2,(H,11,13). The molecule has 0 radical (unpaired) electrons. The maximum absolute atomic E-state index is 11.4. The van der Waals surface area contributed by atoms with Crippen LogP contribution in [0.5, 0.6) is 0 Å². The molecule has 1 amide bonds. The number of carbonyl (C=O) groups excluding carboxylic acids is 2. The van der Waals surface area contributed by atoms with E-state index in [0.29, 0.717) is 12.7 Å². The van der Waals surface area contributed by atoms with Crippen LogP contribution in [0.2, 0.25) is 0 Å². The highest BCUT2D eigenvalue weighted by atomic mass is 16.2. The highest BCUT2D eigenvalue weighted by molar-refractivity contribution is 5.83. The van der Waals surface area contributed by atoms with Gasteiger partial charge < -0.3 is 15.8 Å². The predicted octanol–water partition coefficient (Wildman–Crippen LogP) is -0.429. The van der Waals surface area contributed by atoms with Crippen LogP contribution in [0, 0.1) is 5.92 Å². The molecule has 1 saturated carbocycles. The number of rotatable bonds is 3. The molecule has 2 fully saturated rings. The summed E-state index contributed by atoms with van der Waals surface area (Å²) in [5, 5.41) is 2.97. The van der Waals surface area contributed by atoms with E-state index in [1.807, 2.05) is 0 Å². The molecule has 2 atom stereocenters. The molecule has 1 saturated heterocycles. The summed E-state index contributed by atoms with van der Waals surface area (Å²) in [4.78, 5) is 21.7. The van der Waals surface area contributed by atoms with E-state index in [1.54, 1.807) is 0 Å². The van der Waals surface area contributed by atoms with Crippen molar-refractivity contribution < 1.29 is 9.59 Å². The zero-order valence-corrected chi connectivity index (χ0v) is 7.45. The fraction of sp³-hybridized carbons (Fsp3) is 0.778. The third-order valence-electron chi connectivity index (χ3n) is 2.98. The Balaban J connectivity index is 1.93. The molecule has 1 aliphatic carbocycles. The lowest BCUT2D eigenvalue weighted by molar-refractivity contribution is -0.123. The van der Waals surface area contributed by atoms with Crippen molar-refractivity contribution in [3.8, 4) is 0 Å². The largest absolute Gasteiger partial charge is 0.350 e. The Bertz CT molecular complexity index is 248. The fourth-order valence-electron chi connectivity index (χ4n) is 2.03. The number of carbonyl (C=O) groups is 2. The maximum atomic E-state index is 11.4. The monoisotopic (exact) mass is 182 g/mol. The van der Waals surface area contributed by atoms with E-state index in [4.69, 9.17) is 5.73 Å². The summed E-state index contributed by atoms with van der Waals surface area (Å²) in [6, 6.07) is -0.482. The topological polar surface area (TPSA) is 72.2 Å². The summed E-state index contributed by atoms with van der Waals surface area (Å²) >= 11 is 0. The summed E-state index contributed by atoms with van der Waals surface area (Å²) < 4.78 is 0. The zero-order chi connectivity index (χ0) is 9.47. The van der Waals surface area contributed by atoms with Crippen LogP contribution in [0.1, 0.15) is 25.7 Å². The van der Waals surface area contributed by atoms with Crippen LogP contribution in [0.3, 0.4) is 0 Å². The van der Waals surface area contributed by atoms with Crippen molar-refractivity contribution in [1.29, 1.82) is 0 Å². The van der Waals surface area contributed by atoms with Gasteiger partial charge in [-0.1, -0.05) is 0 Å². The van der Waals surface area contributed by atoms with E-state index >= 15 is 0 Å². The van der Waals surface area contributed by atoms with Gasteiger partial charge in [-0.05, 0) is 25.7 Å². The second-order valence-electron chi connectivity index (χ2n) is 4.21. The molecular formula is C9H14N2O2. The molecule has 4 nitrogen and oxygen atoms in total. The predicted molar refractivity (Wildman–Crippen MR) is 46.9 cm³/mol. The number of nitrogens with one attached hydrogen (secondary N) is 1. The SMILES string of the molecule is NC(C=O)CC1CC2(CC2)NC1=O. The van der Waals surface area contributed by atoms with Crippen molar-refractivity contribution in [3.05, 3.63) is 0 Å². The van der Waals surface area contributed by atoms with Crippen molar-refractivity contribution in [2.45, 2.75) is 37.3 Å². The molecule has 0 bridgehead atoms. The molecule has 0 aromatic carbocycles. The van der Waals surface area contributed by atoms with Crippen LogP contribution in [0.15, 0.2) is 0 Å². The molecule has 1 spiro atoms. The quantitative estimate of drug-likeness (QED) is 0.582.